The number of carbonyl (C=O) groups is 2. The second-order valence-electron chi connectivity index (χ2n) is 7.09. The van der Waals surface area contributed by atoms with Gasteiger partial charge in [-0.15, -0.1) is 0 Å². The summed E-state index contributed by atoms with van der Waals surface area (Å²) in [6.45, 7) is 7.08. The number of rotatable bonds is 7. The molecule has 0 fully saturated rings. The Labute approximate surface area is 184 Å². The SMILES string of the molecule is C=C(C)C(F)(F)COc1ncc(C=NC(=O)C2=CC(C)CC(NC(=O)CC)=N2)cc1Cl. The monoisotopic (exact) mass is 452 g/mol. The van der Waals surface area contributed by atoms with Crippen molar-refractivity contribution in [2.45, 2.75) is 39.5 Å². The number of nitrogens with zero attached hydrogens (tertiary/aromatic N) is 3. The average Bonchev–Trinajstić information content (AvgIpc) is 2.70. The van der Waals surface area contributed by atoms with Gasteiger partial charge in [-0.1, -0.05) is 32.0 Å². The molecule has 2 amide bonds. The third-order valence-corrected chi connectivity index (χ3v) is 4.48. The number of hydrogen-bond donors (Lipinski definition) is 1. The van der Waals surface area contributed by atoms with Crippen LogP contribution >= 0.6 is 11.6 Å². The lowest BCUT2D eigenvalue weighted by Gasteiger charge is -2.17. The van der Waals surface area contributed by atoms with Crippen LogP contribution in [0.25, 0.3) is 0 Å². The van der Waals surface area contributed by atoms with Crippen molar-refractivity contribution in [2.75, 3.05) is 6.61 Å². The summed E-state index contributed by atoms with van der Waals surface area (Å²) < 4.78 is 32.1. The molecule has 1 aliphatic rings. The van der Waals surface area contributed by atoms with E-state index in [-0.39, 0.29) is 34.0 Å². The highest BCUT2D eigenvalue weighted by Crippen LogP contribution is 2.27. The Bertz CT molecular complexity index is 973. The molecule has 1 aromatic rings. The van der Waals surface area contributed by atoms with E-state index in [2.05, 4.69) is 26.9 Å². The third-order valence-electron chi connectivity index (χ3n) is 4.21. The molecule has 2 heterocycles. The van der Waals surface area contributed by atoms with Crippen LogP contribution in [0.15, 0.2) is 46.2 Å². The van der Waals surface area contributed by atoms with Crippen molar-refractivity contribution in [3.8, 4) is 5.88 Å². The summed E-state index contributed by atoms with van der Waals surface area (Å²) >= 11 is 6.03. The van der Waals surface area contributed by atoms with Crippen molar-refractivity contribution in [2.24, 2.45) is 15.9 Å². The fourth-order valence-electron chi connectivity index (χ4n) is 2.41. The molecule has 0 spiro atoms. The Balaban J connectivity index is 2.07. The van der Waals surface area contributed by atoms with Crippen LogP contribution < -0.4 is 10.1 Å². The van der Waals surface area contributed by atoms with Gasteiger partial charge in [-0.3, -0.25) is 9.59 Å². The molecule has 2 rings (SSSR count). The molecule has 31 heavy (non-hydrogen) atoms. The predicted octanol–water partition coefficient (Wildman–Crippen LogP) is 4.12. The van der Waals surface area contributed by atoms with Gasteiger partial charge in [0.15, 0.2) is 6.61 Å². The number of aromatic nitrogens is 1. The quantitative estimate of drug-likeness (QED) is 0.497. The lowest BCUT2D eigenvalue weighted by Crippen LogP contribution is -2.32. The van der Waals surface area contributed by atoms with Crippen LogP contribution in [0.5, 0.6) is 5.88 Å². The third kappa shape index (κ3) is 7.06. The fourth-order valence-corrected chi connectivity index (χ4v) is 2.64. The van der Waals surface area contributed by atoms with E-state index in [1.165, 1.54) is 25.4 Å². The Hall–Kier alpha value is -2.94. The maximum atomic E-state index is 13.6. The lowest BCUT2D eigenvalue weighted by atomic mass is 10.0. The van der Waals surface area contributed by atoms with Gasteiger partial charge in [-0.2, -0.15) is 8.78 Å². The first-order valence-corrected chi connectivity index (χ1v) is 9.89. The van der Waals surface area contributed by atoms with Crippen molar-refractivity contribution in [3.05, 3.63) is 46.8 Å². The van der Waals surface area contributed by atoms with Crippen LogP contribution in [0.3, 0.4) is 0 Å². The van der Waals surface area contributed by atoms with Crippen molar-refractivity contribution >= 4 is 35.5 Å². The maximum absolute atomic E-state index is 13.6. The van der Waals surface area contributed by atoms with Gasteiger partial charge in [-0.05, 0) is 30.6 Å². The van der Waals surface area contributed by atoms with Crippen LogP contribution in [0.2, 0.25) is 5.02 Å². The van der Waals surface area contributed by atoms with Gasteiger partial charge in [0.05, 0.1) is 0 Å². The van der Waals surface area contributed by atoms with E-state index in [4.69, 9.17) is 16.3 Å². The van der Waals surface area contributed by atoms with E-state index in [1.54, 1.807) is 13.0 Å². The van der Waals surface area contributed by atoms with Crippen LogP contribution in [-0.2, 0) is 9.59 Å². The molecule has 1 atom stereocenters. The number of amides is 2. The number of carbonyl (C=O) groups excluding carboxylic acids is 2. The van der Waals surface area contributed by atoms with E-state index in [0.29, 0.717) is 24.2 Å². The zero-order chi connectivity index (χ0) is 23.2. The molecule has 0 aliphatic carbocycles. The average molecular weight is 453 g/mol. The largest absolute Gasteiger partial charge is 0.470 e. The minimum atomic E-state index is -3.21. The van der Waals surface area contributed by atoms with Crippen LogP contribution in [0.1, 0.15) is 39.2 Å². The summed E-state index contributed by atoms with van der Waals surface area (Å²) in [5, 5.41) is 2.65. The number of pyridine rings is 1. The van der Waals surface area contributed by atoms with Crippen LogP contribution in [0.4, 0.5) is 8.78 Å². The maximum Gasteiger partial charge on any atom is 0.302 e. The van der Waals surface area contributed by atoms with E-state index >= 15 is 0 Å². The topological polar surface area (TPSA) is 93.0 Å². The smallest absolute Gasteiger partial charge is 0.302 e. The molecule has 1 aliphatic heterocycles. The Morgan fingerprint density at radius 1 is 1.48 bits per heavy atom. The first-order chi connectivity index (χ1) is 14.5. The number of hydrogen-bond acceptors (Lipinski definition) is 5. The first-order valence-electron chi connectivity index (χ1n) is 9.51. The second-order valence-corrected chi connectivity index (χ2v) is 7.49. The summed E-state index contributed by atoms with van der Waals surface area (Å²) in [6, 6.07) is 1.38. The van der Waals surface area contributed by atoms with Crippen molar-refractivity contribution in [1.29, 1.82) is 0 Å². The lowest BCUT2D eigenvalue weighted by molar-refractivity contribution is -0.119. The molecule has 0 bridgehead atoms. The highest BCUT2D eigenvalue weighted by atomic mass is 35.5. The number of halogens is 3. The normalized spacial score (nSPS) is 16.5. The molecule has 0 aromatic carbocycles. The zero-order valence-corrected chi connectivity index (χ0v) is 18.2. The molecule has 7 nitrogen and oxygen atoms in total. The molecule has 166 valence electrons. The molecule has 1 aromatic heterocycles. The Kier molecular flexibility index (Phi) is 8.15. The van der Waals surface area contributed by atoms with Crippen LogP contribution in [0, 0.1) is 5.92 Å². The van der Waals surface area contributed by atoms with E-state index in [0.717, 1.165) is 0 Å². The molecule has 1 N–H and O–H groups in total. The summed E-state index contributed by atoms with van der Waals surface area (Å²) in [5.41, 5.74) is 0.144. The predicted molar refractivity (Wildman–Crippen MR) is 115 cm³/mol. The number of ether oxygens (including phenoxy) is 1. The summed E-state index contributed by atoms with van der Waals surface area (Å²) in [4.78, 5) is 35.9. The zero-order valence-electron chi connectivity index (χ0n) is 17.4. The second kappa shape index (κ2) is 10.4. The summed E-state index contributed by atoms with van der Waals surface area (Å²) in [7, 11) is 0. The Morgan fingerprint density at radius 2 is 2.19 bits per heavy atom. The molecule has 0 radical (unpaired) electrons. The number of amidine groups is 1. The molecule has 0 saturated carbocycles. The fraction of sp³-hybridized carbons (Fsp3) is 0.381. The molecule has 10 heteroatoms. The van der Waals surface area contributed by atoms with Crippen molar-refractivity contribution in [3.63, 3.8) is 0 Å². The highest BCUT2D eigenvalue weighted by molar-refractivity contribution is 6.32. The standard InChI is InChI=1S/C21H23ClF2N4O3/c1-5-18(29)28-17-7-13(4)6-16(27-17)19(30)25-9-14-8-15(22)20(26-10-14)31-11-21(23,24)12(2)3/h6,8-10,13H,2,5,7,11H2,1,3-4H3,(H,27,28,29). The van der Waals surface area contributed by atoms with E-state index < -0.39 is 18.4 Å². The van der Waals surface area contributed by atoms with E-state index in [9.17, 15) is 18.4 Å². The summed E-state index contributed by atoms with van der Waals surface area (Å²) in [5.74, 6) is -3.75. The molecule has 0 saturated heterocycles. The van der Waals surface area contributed by atoms with Gasteiger partial charge in [0.1, 0.15) is 16.6 Å². The minimum absolute atomic E-state index is 0.00341. The van der Waals surface area contributed by atoms with Crippen molar-refractivity contribution in [1.82, 2.24) is 10.3 Å². The summed E-state index contributed by atoms with van der Waals surface area (Å²) in [6.07, 6.45) is 5.00. The van der Waals surface area contributed by atoms with Gasteiger partial charge in [0, 0.05) is 30.8 Å². The molecule has 1 unspecified atom stereocenters. The van der Waals surface area contributed by atoms with Gasteiger partial charge in [-0.25, -0.2) is 15.0 Å². The number of allylic oxidation sites excluding steroid dienone is 1. The van der Waals surface area contributed by atoms with Gasteiger partial charge in [0.25, 0.3) is 5.91 Å². The van der Waals surface area contributed by atoms with Gasteiger partial charge in [0.2, 0.25) is 11.8 Å². The molecular formula is C21H23ClF2N4O3. The first kappa shape index (κ1) is 24.3. The number of nitrogens with one attached hydrogen (secondary N) is 1. The minimum Gasteiger partial charge on any atom is -0.470 e. The number of aliphatic imine (C=N–C) groups is 2. The van der Waals surface area contributed by atoms with Crippen molar-refractivity contribution < 1.29 is 23.1 Å². The molecular weight excluding hydrogens is 430 g/mol. The van der Waals surface area contributed by atoms with E-state index in [1.807, 2.05) is 6.92 Å². The van der Waals surface area contributed by atoms with Gasteiger partial charge < -0.3 is 10.1 Å². The highest BCUT2D eigenvalue weighted by Gasteiger charge is 2.31. The van der Waals surface area contributed by atoms with Gasteiger partial charge >= 0.3 is 5.92 Å². The Morgan fingerprint density at radius 3 is 2.81 bits per heavy atom. The number of alkyl halides is 2. The van der Waals surface area contributed by atoms with Crippen LogP contribution in [-0.4, -0.2) is 41.4 Å².